The SMILES string of the molecule is Cc1ccccc1NCN1C(=O)[C@H]2[C@@H]3C=C[C@H]([C@@H]4C[C@H]34)[C@@H]2C1=O. The second-order valence-electron chi connectivity index (χ2n) is 7.41. The van der Waals surface area contributed by atoms with E-state index in [9.17, 15) is 9.59 Å². The summed E-state index contributed by atoms with van der Waals surface area (Å²) in [6, 6.07) is 7.94. The lowest BCUT2D eigenvalue weighted by molar-refractivity contribution is -0.139. The van der Waals surface area contributed by atoms with E-state index in [1.165, 1.54) is 11.3 Å². The van der Waals surface area contributed by atoms with E-state index in [1.807, 2.05) is 31.2 Å². The molecule has 4 aliphatic carbocycles. The molecule has 6 rings (SSSR count). The van der Waals surface area contributed by atoms with Gasteiger partial charge in [0.2, 0.25) is 11.8 Å². The van der Waals surface area contributed by atoms with E-state index in [2.05, 4.69) is 17.5 Å². The molecule has 1 aromatic carbocycles. The quantitative estimate of drug-likeness (QED) is 0.689. The Hall–Kier alpha value is -2.10. The number of likely N-dealkylation sites (tertiary alicyclic amines) is 1. The lowest BCUT2D eigenvalue weighted by Gasteiger charge is -2.37. The summed E-state index contributed by atoms with van der Waals surface area (Å²) in [5.41, 5.74) is 2.10. The van der Waals surface area contributed by atoms with Crippen molar-refractivity contribution >= 4 is 17.5 Å². The van der Waals surface area contributed by atoms with Gasteiger partial charge in [-0.25, -0.2) is 0 Å². The molecule has 1 aliphatic heterocycles. The summed E-state index contributed by atoms with van der Waals surface area (Å²) >= 11 is 0. The van der Waals surface area contributed by atoms with E-state index < -0.39 is 0 Å². The predicted molar refractivity (Wildman–Crippen MR) is 86.2 cm³/mol. The first-order valence-corrected chi connectivity index (χ1v) is 8.50. The molecule has 23 heavy (non-hydrogen) atoms. The Labute approximate surface area is 135 Å². The maximum absolute atomic E-state index is 12.8. The van der Waals surface area contributed by atoms with Crippen LogP contribution >= 0.6 is 0 Å². The van der Waals surface area contributed by atoms with Gasteiger partial charge >= 0.3 is 0 Å². The topological polar surface area (TPSA) is 49.4 Å². The van der Waals surface area contributed by atoms with Crippen LogP contribution in [0, 0.1) is 42.4 Å². The van der Waals surface area contributed by atoms with Crippen LogP contribution in [0.25, 0.3) is 0 Å². The molecule has 6 atom stereocenters. The zero-order valence-electron chi connectivity index (χ0n) is 13.1. The van der Waals surface area contributed by atoms with E-state index in [-0.39, 0.29) is 30.3 Å². The molecule has 4 heteroatoms. The van der Waals surface area contributed by atoms with Crippen LogP contribution in [-0.4, -0.2) is 23.4 Å². The minimum absolute atomic E-state index is 0.0331. The number of amides is 2. The van der Waals surface area contributed by atoms with E-state index in [0.717, 1.165) is 11.3 Å². The third-order valence-electron chi connectivity index (χ3n) is 6.33. The largest absolute Gasteiger partial charge is 0.367 e. The van der Waals surface area contributed by atoms with Crippen molar-refractivity contribution in [1.82, 2.24) is 4.90 Å². The molecule has 1 saturated heterocycles. The lowest BCUT2D eigenvalue weighted by Crippen LogP contribution is -2.40. The molecule has 2 amide bonds. The third kappa shape index (κ3) is 1.72. The van der Waals surface area contributed by atoms with Crippen LogP contribution in [0.15, 0.2) is 36.4 Å². The summed E-state index contributed by atoms with van der Waals surface area (Å²) < 4.78 is 0. The van der Waals surface area contributed by atoms with Crippen molar-refractivity contribution in [1.29, 1.82) is 0 Å². The Morgan fingerprint density at radius 3 is 2.26 bits per heavy atom. The number of allylic oxidation sites excluding steroid dienone is 2. The van der Waals surface area contributed by atoms with Crippen molar-refractivity contribution in [3.63, 3.8) is 0 Å². The molecule has 4 nitrogen and oxygen atoms in total. The first-order chi connectivity index (χ1) is 11.2. The normalized spacial score (nSPS) is 39.4. The molecule has 2 saturated carbocycles. The number of aryl methyl sites for hydroxylation is 1. The molecule has 118 valence electrons. The van der Waals surface area contributed by atoms with E-state index in [4.69, 9.17) is 0 Å². The minimum atomic E-state index is -0.0973. The zero-order chi connectivity index (χ0) is 15.7. The molecule has 1 N–H and O–H groups in total. The second kappa shape index (κ2) is 4.47. The van der Waals surface area contributed by atoms with Crippen molar-refractivity contribution in [2.75, 3.05) is 12.0 Å². The van der Waals surface area contributed by atoms with Gasteiger partial charge in [0.1, 0.15) is 0 Å². The maximum Gasteiger partial charge on any atom is 0.235 e. The molecule has 0 spiro atoms. The van der Waals surface area contributed by atoms with Gasteiger partial charge in [-0.05, 0) is 48.6 Å². The van der Waals surface area contributed by atoms with Gasteiger partial charge < -0.3 is 5.32 Å². The number of anilines is 1. The summed E-state index contributed by atoms with van der Waals surface area (Å²) in [5.74, 6) is 1.79. The Balaban J connectivity index is 1.38. The van der Waals surface area contributed by atoms with Gasteiger partial charge in [0, 0.05) is 5.69 Å². The number of nitrogens with one attached hydrogen (secondary N) is 1. The third-order valence-corrected chi connectivity index (χ3v) is 6.33. The zero-order valence-corrected chi connectivity index (χ0v) is 13.1. The molecular weight excluding hydrogens is 288 g/mol. The fourth-order valence-corrected chi connectivity index (χ4v) is 5.11. The van der Waals surface area contributed by atoms with Crippen LogP contribution in [0.2, 0.25) is 0 Å². The van der Waals surface area contributed by atoms with Crippen molar-refractivity contribution in [3.8, 4) is 0 Å². The molecule has 5 aliphatic rings. The van der Waals surface area contributed by atoms with Crippen LogP contribution in [0.1, 0.15) is 12.0 Å². The fraction of sp³-hybridized carbons (Fsp3) is 0.474. The number of rotatable bonds is 3. The maximum atomic E-state index is 12.8. The number of imide groups is 1. The van der Waals surface area contributed by atoms with E-state index in [1.54, 1.807) is 0 Å². The number of carbonyl (C=O) groups is 2. The molecule has 0 aromatic heterocycles. The van der Waals surface area contributed by atoms with Crippen LogP contribution in [-0.2, 0) is 9.59 Å². The number of hydrogen-bond acceptors (Lipinski definition) is 3. The summed E-state index contributed by atoms with van der Waals surface area (Å²) in [7, 11) is 0. The van der Waals surface area contributed by atoms with Crippen molar-refractivity contribution in [2.24, 2.45) is 35.5 Å². The highest BCUT2D eigenvalue weighted by Crippen LogP contribution is 2.65. The second-order valence-corrected chi connectivity index (χ2v) is 7.41. The first-order valence-electron chi connectivity index (χ1n) is 8.50. The predicted octanol–water partition coefficient (Wildman–Crippen LogP) is 2.42. The molecule has 2 bridgehead atoms. The van der Waals surface area contributed by atoms with Crippen LogP contribution < -0.4 is 5.32 Å². The number of carbonyl (C=O) groups excluding carboxylic acids is 2. The van der Waals surface area contributed by atoms with Crippen molar-refractivity contribution in [2.45, 2.75) is 13.3 Å². The first kappa shape index (κ1) is 13.3. The summed E-state index contributed by atoms with van der Waals surface area (Å²) in [4.78, 5) is 27.1. The summed E-state index contributed by atoms with van der Waals surface area (Å²) in [6.07, 6.45) is 5.63. The van der Waals surface area contributed by atoms with E-state index >= 15 is 0 Å². The highest BCUT2D eigenvalue weighted by Gasteiger charge is 2.66. The van der Waals surface area contributed by atoms with Gasteiger partial charge in [-0.2, -0.15) is 0 Å². The molecule has 1 heterocycles. The van der Waals surface area contributed by atoms with Gasteiger partial charge in [-0.15, -0.1) is 0 Å². The van der Waals surface area contributed by atoms with Gasteiger partial charge in [0.25, 0.3) is 0 Å². The Morgan fingerprint density at radius 2 is 1.65 bits per heavy atom. The summed E-state index contributed by atoms with van der Waals surface area (Å²) in [5, 5.41) is 3.26. The summed E-state index contributed by atoms with van der Waals surface area (Å²) in [6.45, 7) is 2.30. The van der Waals surface area contributed by atoms with Gasteiger partial charge in [-0.1, -0.05) is 30.4 Å². The highest BCUT2D eigenvalue weighted by atomic mass is 16.2. The molecule has 0 unspecified atom stereocenters. The van der Waals surface area contributed by atoms with Crippen LogP contribution in [0.5, 0.6) is 0 Å². The Kier molecular flexibility index (Phi) is 2.59. The smallest absolute Gasteiger partial charge is 0.235 e. The van der Waals surface area contributed by atoms with Gasteiger partial charge in [0.05, 0.1) is 18.5 Å². The number of nitrogens with zero attached hydrogens (tertiary/aromatic N) is 1. The van der Waals surface area contributed by atoms with Gasteiger partial charge in [0.15, 0.2) is 0 Å². The number of hydrogen-bond donors (Lipinski definition) is 1. The van der Waals surface area contributed by atoms with Crippen LogP contribution in [0.3, 0.4) is 0 Å². The lowest BCUT2D eigenvalue weighted by atomic mass is 9.63. The molecule has 3 fully saturated rings. The average Bonchev–Trinajstić information content (AvgIpc) is 3.33. The highest BCUT2D eigenvalue weighted by molar-refractivity contribution is 6.06. The fourth-order valence-electron chi connectivity index (χ4n) is 5.11. The number of benzene rings is 1. The van der Waals surface area contributed by atoms with Gasteiger partial charge in [-0.3, -0.25) is 14.5 Å². The standard InChI is InChI=1S/C19H20N2O2/c1-10-4-2-3-5-15(10)20-9-21-18(22)16-11-6-7-12(14-8-13(11)14)17(16)19(21)23/h2-7,11-14,16-17,20H,8-9H2,1H3/t11-,12-,13-,14+,16+,17+/m1/s1. The molecular formula is C19H20N2O2. The molecule has 0 radical (unpaired) electrons. The van der Waals surface area contributed by atoms with Crippen molar-refractivity contribution < 1.29 is 9.59 Å². The Morgan fingerprint density at radius 1 is 1.04 bits per heavy atom. The minimum Gasteiger partial charge on any atom is -0.367 e. The van der Waals surface area contributed by atoms with E-state index in [0.29, 0.717) is 23.7 Å². The monoisotopic (exact) mass is 308 g/mol. The number of para-hydroxylation sites is 1. The van der Waals surface area contributed by atoms with Crippen LogP contribution in [0.4, 0.5) is 5.69 Å². The average molecular weight is 308 g/mol. The van der Waals surface area contributed by atoms with Crippen molar-refractivity contribution in [3.05, 3.63) is 42.0 Å². The Bertz CT molecular complexity index is 705. The molecule has 1 aromatic rings.